The monoisotopic (exact) mass is 322 g/mol. The molecular weight excluding hydrogens is 304 g/mol. The molecule has 4 N–H and O–H groups in total. The average molecular weight is 322 g/mol. The fourth-order valence-electron chi connectivity index (χ4n) is 3.22. The van der Waals surface area contributed by atoms with Gasteiger partial charge in [0.2, 0.25) is 6.41 Å². The van der Waals surface area contributed by atoms with Crippen molar-refractivity contribution >= 4 is 24.1 Å². The van der Waals surface area contributed by atoms with Gasteiger partial charge in [0.1, 0.15) is 0 Å². The van der Waals surface area contributed by atoms with Crippen LogP contribution in [-0.2, 0) is 21.6 Å². The summed E-state index contributed by atoms with van der Waals surface area (Å²) in [5.41, 5.74) is 6.51. The lowest BCUT2D eigenvalue weighted by molar-refractivity contribution is -0.141. The maximum absolute atomic E-state index is 12.1. The molecule has 0 saturated heterocycles. The number of para-hydroxylation sites is 1. The third kappa shape index (κ3) is 2.59. The lowest BCUT2D eigenvalue weighted by atomic mass is 9.72. The molecular formula is C19H18N2O3. The Kier molecular flexibility index (Phi) is 4.18. The second kappa shape index (κ2) is 6.29. The smallest absolute Gasteiger partial charge is 0.254 e. The van der Waals surface area contributed by atoms with E-state index in [0.717, 1.165) is 11.1 Å². The lowest BCUT2D eigenvalue weighted by Crippen LogP contribution is -2.49. The van der Waals surface area contributed by atoms with Crippen LogP contribution in [0.3, 0.4) is 0 Å². The molecule has 2 unspecified atom stereocenters. The van der Waals surface area contributed by atoms with E-state index in [-0.39, 0.29) is 0 Å². The highest BCUT2D eigenvalue weighted by Crippen LogP contribution is 2.40. The first-order chi connectivity index (χ1) is 11.6. The molecule has 2 amide bonds. The number of carbonyl (C=O) groups excluding carboxylic acids is 2. The number of fused-ring (bicyclic) bond motifs is 1. The second-order valence-corrected chi connectivity index (χ2v) is 5.81. The third-order valence-corrected chi connectivity index (χ3v) is 4.46. The number of aliphatic hydroxyl groups is 1. The van der Waals surface area contributed by atoms with Crippen LogP contribution in [0.15, 0.2) is 54.6 Å². The number of hydrogen-bond acceptors (Lipinski definition) is 3. The Bertz CT molecular complexity index is 816. The van der Waals surface area contributed by atoms with E-state index < -0.39 is 17.4 Å². The number of carbonyl (C=O) groups is 2. The van der Waals surface area contributed by atoms with Gasteiger partial charge in [-0.25, -0.2) is 0 Å². The molecule has 3 rings (SSSR count). The maximum atomic E-state index is 12.1. The van der Waals surface area contributed by atoms with Crippen LogP contribution < -0.4 is 11.1 Å². The van der Waals surface area contributed by atoms with Gasteiger partial charge in [-0.15, -0.1) is 0 Å². The highest BCUT2D eigenvalue weighted by atomic mass is 16.3. The Morgan fingerprint density at radius 2 is 1.92 bits per heavy atom. The van der Waals surface area contributed by atoms with Gasteiger partial charge < -0.3 is 16.2 Å². The predicted molar refractivity (Wildman–Crippen MR) is 91.9 cm³/mol. The van der Waals surface area contributed by atoms with Crippen LogP contribution in [0.1, 0.15) is 16.7 Å². The summed E-state index contributed by atoms with van der Waals surface area (Å²) in [4.78, 5) is 22.9. The highest BCUT2D eigenvalue weighted by molar-refractivity contribution is 5.88. The van der Waals surface area contributed by atoms with Crippen molar-refractivity contribution in [3.63, 3.8) is 0 Å². The van der Waals surface area contributed by atoms with Gasteiger partial charge in [0, 0.05) is 17.2 Å². The lowest BCUT2D eigenvalue weighted by Gasteiger charge is -2.36. The van der Waals surface area contributed by atoms with E-state index >= 15 is 0 Å². The van der Waals surface area contributed by atoms with Crippen molar-refractivity contribution in [1.29, 1.82) is 0 Å². The van der Waals surface area contributed by atoms with Crippen molar-refractivity contribution in [3.8, 4) is 0 Å². The van der Waals surface area contributed by atoms with Crippen molar-refractivity contribution in [2.45, 2.75) is 12.0 Å². The number of amides is 2. The quantitative estimate of drug-likeness (QED) is 0.733. The number of nitrogens with two attached hydrogens (primary N) is 1. The van der Waals surface area contributed by atoms with Gasteiger partial charge in [0.15, 0.2) is 5.60 Å². The second-order valence-electron chi connectivity index (χ2n) is 5.81. The van der Waals surface area contributed by atoms with Crippen molar-refractivity contribution < 1.29 is 14.7 Å². The molecule has 122 valence electrons. The summed E-state index contributed by atoms with van der Waals surface area (Å²) in [5.74, 6) is -1.32. The fraction of sp³-hybridized carbons (Fsp3) is 0.158. The van der Waals surface area contributed by atoms with Crippen LogP contribution >= 0.6 is 0 Å². The molecule has 2 aromatic rings. The van der Waals surface area contributed by atoms with Crippen molar-refractivity contribution in [1.82, 2.24) is 0 Å². The SMILES string of the molecule is NC(=O)C1(O)c2ccccc2C=CC1Cc1ccccc1NC=O. The summed E-state index contributed by atoms with van der Waals surface area (Å²) in [6.45, 7) is 0. The summed E-state index contributed by atoms with van der Waals surface area (Å²) >= 11 is 0. The fourth-order valence-corrected chi connectivity index (χ4v) is 3.22. The van der Waals surface area contributed by atoms with Crippen LogP contribution in [-0.4, -0.2) is 17.4 Å². The van der Waals surface area contributed by atoms with Crippen LogP contribution in [0.4, 0.5) is 5.69 Å². The highest BCUT2D eigenvalue weighted by Gasteiger charge is 2.45. The Labute approximate surface area is 139 Å². The van der Waals surface area contributed by atoms with Crippen LogP contribution in [0.5, 0.6) is 0 Å². The third-order valence-electron chi connectivity index (χ3n) is 4.46. The molecule has 0 radical (unpaired) electrons. The summed E-state index contributed by atoms with van der Waals surface area (Å²) in [6.07, 6.45) is 4.64. The summed E-state index contributed by atoms with van der Waals surface area (Å²) in [5, 5.41) is 13.8. The van der Waals surface area contributed by atoms with E-state index in [2.05, 4.69) is 5.32 Å². The number of benzene rings is 2. The summed E-state index contributed by atoms with van der Waals surface area (Å²) < 4.78 is 0. The van der Waals surface area contributed by atoms with E-state index in [0.29, 0.717) is 24.1 Å². The molecule has 0 saturated carbocycles. The number of rotatable bonds is 5. The van der Waals surface area contributed by atoms with Gasteiger partial charge >= 0.3 is 0 Å². The van der Waals surface area contributed by atoms with Crippen molar-refractivity contribution in [3.05, 3.63) is 71.3 Å². The van der Waals surface area contributed by atoms with E-state index in [1.807, 2.05) is 36.4 Å². The van der Waals surface area contributed by atoms with Gasteiger partial charge in [-0.1, -0.05) is 54.6 Å². The summed E-state index contributed by atoms with van der Waals surface area (Å²) in [7, 11) is 0. The van der Waals surface area contributed by atoms with Gasteiger partial charge in [0.25, 0.3) is 5.91 Å². The molecule has 24 heavy (non-hydrogen) atoms. The van der Waals surface area contributed by atoms with E-state index in [1.54, 1.807) is 24.3 Å². The molecule has 5 nitrogen and oxygen atoms in total. The Balaban J connectivity index is 2.03. The number of nitrogens with one attached hydrogen (secondary N) is 1. The first kappa shape index (κ1) is 16.0. The number of hydrogen-bond donors (Lipinski definition) is 3. The zero-order valence-corrected chi connectivity index (χ0v) is 13.0. The van der Waals surface area contributed by atoms with E-state index in [4.69, 9.17) is 5.73 Å². The Morgan fingerprint density at radius 3 is 2.67 bits per heavy atom. The minimum absolute atomic E-state index is 0.362. The normalized spacial score (nSPS) is 21.8. The van der Waals surface area contributed by atoms with Crippen molar-refractivity contribution in [2.24, 2.45) is 11.7 Å². The summed E-state index contributed by atoms with van der Waals surface area (Å²) in [6, 6.07) is 14.4. The molecule has 1 aliphatic rings. The standard InChI is InChI=1S/C19H18N2O3/c20-18(23)19(24)15(10-9-13-5-1-3-7-16(13)19)11-14-6-2-4-8-17(14)21-12-22/h1-10,12,15,24H,11H2,(H2,20,23)(H,21,22). The molecule has 5 heteroatoms. The topological polar surface area (TPSA) is 92.4 Å². The molecule has 2 aromatic carbocycles. The molecule has 0 fully saturated rings. The molecule has 0 bridgehead atoms. The van der Waals surface area contributed by atoms with E-state index in [9.17, 15) is 14.7 Å². The minimum atomic E-state index is -1.79. The Morgan fingerprint density at radius 1 is 1.21 bits per heavy atom. The first-order valence-corrected chi connectivity index (χ1v) is 7.65. The predicted octanol–water partition coefficient (Wildman–Crippen LogP) is 1.81. The zero-order valence-electron chi connectivity index (χ0n) is 13.0. The van der Waals surface area contributed by atoms with Gasteiger partial charge in [-0.2, -0.15) is 0 Å². The van der Waals surface area contributed by atoms with Crippen LogP contribution in [0, 0.1) is 5.92 Å². The van der Waals surface area contributed by atoms with Gasteiger partial charge in [0.05, 0.1) is 0 Å². The van der Waals surface area contributed by atoms with Crippen LogP contribution in [0.25, 0.3) is 6.08 Å². The number of anilines is 1. The zero-order chi connectivity index (χ0) is 17.2. The van der Waals surface area contributed by atoms with E-state index in [1.165, 1.54) is 0 Å². The average Bonchev–Trinajstić information content (AvgIpc) is 2.59. The van der Waals surface area contributed by atoms with Gasteiger partial charge in [-0.3, -0.25) is 9.59 Å². The minimum Gasteiger partial charge on any atom is -0.375 e. The molecule has 0 spiro atoms. The molecule has 2 atom stereocenters. The largest absolute Gasteiger partial charge is 0.375 e. The Hall–Kier alpha value is -2.92. The molecule has 0 aliphatic heterocycles. The number of primary amides is 1. The van der Waals surface area contributed by atoms with Crippen LogP contribution in [0.2, 0.25) is 0 Å². The van der Waals surface area contributed by atoms with Gasteiger partial charge in [-0.05, 0) is 23.6 Å². The maximum Gasteiger partial charge on any atom is 0.254 e. The molecule has 0 heterocycles. The molecule has 1 aliphatic carbocycles. The molecule has 0 aromatic heterocycles. The van der Waals surface area contributed by atoms with Crippen molar-refractivity contribution in [2.75, 3.05) is 5.32 Å². The first-order valence-electron chi connectivity index (χ1n) is 7.65.